The van der Waals surface area contributed by atoms with Gasteiger partial charge >= 0.3 is 39.5 Å². The van der Waals surface area contributed by atoms with Crippen LogP contribution in [0.2, 0.25) is 0 Å². The van der Waals surface area contributed by atoms with E-state index in [0.717, 1.165) is 109 Å². The Hall–Kier alpha value is -4.54. The van der Waals surface area contributed by atoms with Crippen molar-refractivity contribution in [2.24, 2.45) is 0 Å². The van der Waals surface area contributed by atoms with Crippen molar-refractivity contribution in [3.8, 4) is 0 Å². The number of aliphatic hydroxyl groups excluding tert-OH is 1. The van der Waals surface area contributed by atoms with Gasteiger partial charge < -0.3 is 33.8 Å². The van der Waals surface area contributed by atoms with Crippen LogP contribution < -0.4 is 0 Å². The maximum Gasteiger partial charge on any atom is 0.472 e. The van der Waals surface area contributed by atoms with Crippen LogP contribution in [0, 0.1) is 0 Å². The first-order valence-electron chi connectivity index (χ1n) is 36.8. The predicted octanol–water partition coefficient (Wildman–Crippen LogP) is 20.8. The first kappa shape index (κ1) is 91.5. The van der Waals surface area contributed by atoms with Crippen LogP contribution in [0.15, 0.2) is 122 Å². The van der Waals surface area contributed by atoms with Gasteiger partial charge in [-0.05, 0) is 89.9 Å². The highest BCUT2D eigenvalue weighted by Crippen LogP contribution is 2.45. The number of esters is 4. The molecule has 0 aliphatic carbocycles. The van der Waals surface area contributed by atoms with E-state index < -0.39 is 97.5 Å². The molecule has 0 heterocycles. The van der Waals surface area contributed by atoms with Gasteiger partial charge in [-0.15, -0.1) is 0 Å². The maximum atomic E-state index is 13.0. The summed E-state index contributed by atoms with van der Waals surface area (Å²) in [6.45, 7) is 4.45. The molecular formula is C77H130O17P2. The highest BCUT2D eigenvalue weighted by Gasteiger charge is 2.30. The summed E-state index contributed by atoms with van der Waals surface area (Å²) >= 11 is 0. The lowest BCUT2D eigenvalue weighted by Gasteiger charge is -2.21. The van der Waals surface area contributed by atoms with Gasteiger partial charge in [-0.25, -0.2) is 9.13 Å². The fourth-order valence-corrected chi connectivity index (χ4v) is 11.0. The van der Waals surface area contributed by atoms with Crippen molar-refractivity contribution in [1.29, 1.82) is 0 Å². The maximum absolute atomic E-state index is 13.0. The molecule has 0 aliphatic rings. The Balaban J connectivity index is 5.42. The van der Waals surface area contributed by atoms with Crippen molar-refractivity contribution >= 4 is 39.5 Å². The molecule has 5 unspecified atom stereocenters. The van der Waals surface area contributed by atoms with Gasteiger partial charge in [0.25, 0.3) is 0 Å². The standard InChI is InChI=1S/C77H130O17P2/c1-5-9-13-17-21-25-29-32-34-35-37-40-43-46-50-54-58-62-75(80)87-67-72(93-76(81)63-59-55-51-47-41-28-24-20-16-12-8-4)69-91-95(83,84)89-65-71(78)66-90-96(85,86)92-70-73(94-77(82)64-60-56-52-48-44-38-31-27-23-19-15-11-7-3)68-88-74(79)61-57-53-49-45-42-39-36-33-30-26-22-18-14-10-6-2/h9-10,13-14,21-22,25-26,32-34,36-37,40,42,45-46,50,53,57,71-73,78H,5-8,11-12,15-20,23-24,27-31,35,38-39,41,43-44,47-49,51-52,54-56,58-70H2,1-4H3,(H,83,84)(H,85,86)/b13-9-,14-10-,25-21-,26-22-,34-32-,36-33-,40-37-,45-42-,50-46-,57-53-. The van der Waals surface area contributed by atoms with Crippen molar-refractivity contribution in [3.05, 3.63) is 122 Å². The number of phosphoric acid groups is 2. The topological polar surface area (TPSA) is 237 Å². The summed E-state index contributed by atoms with van der Waals surface area (Å²) in [5.41, 5.74) is 0. The van der Waals surface area contributed by atoms with Gasteiger partial charge in [-0.2, -0.15) is 0 Å². The van der Waals surface area contributed by atoms with Crippen LogP contribution in [0.5, 0.6) is 0 Å². The summed E-state index contributed by atoms with van der Waals surface area (Å²) in [6.07, 6.45) is 73.9. The Labute approximate surface area is 581 Å². The van der Waals surface area contributed by atoms with Crippen molar-refractivity contribution in [3.63, 3.8) is 0 Å². The second-order valence-electron chi connectivity index (χ2n) is 24.2. The molecule has 0 amide bonds. The van der Waals surface area contributed by atoms with Crippen LogP contribution in [-0.2, 0) is 65.4 Å². The second kappa shape index (κ2) is 69.0. The predicted molar refractivity (Wildman–Crippen MR) is 390 cm³/mol. The molecule has 0 bridgehead atoms. The fourth-order valence-electron chi connectivity index (χ4n) is 9.45. The number of carbonyl (C=O) groups is 4. The van der Waals surface area contributed by atoms with Crippen molar-refractivity contribution in [2.45, 2.75) is 303 Å². The van der Waals surface area contributed by atoms with Crippen molar-refractivity contribution in [2.75, 3.05) is 39.6 Å². The number of ether oxygens (including phenoxy) is 4. The molecule has 0 aromatic carbocycles. The normalized spacial score (nSPS) is 14.7. The molecule has 0 fully saturated rings. The van der Waals surface area contributed by atoms with E-state index in [-0.39, 0.29) is 25.7 Å². The van der Waals surface area contributed by atoms with Crippen LogP contribution in [0.3, 0.4) is 0 Å². The molecule has 3 N–H and O–H groups in total. The molecule has 0 aromatic heterocycles. The quantitative estimate of drug-likeness (QED) is 0.0169. The minimum atomic E-state index is -4.99. The molecule has 96 heavy (non-hydrogen) atoms. The van der Waals surface area contributed by atoms with Gasteiger partial charge in [0, 0.05) is 19.3 Å². The van der Waals surface area contributed by atoms with Crippen molar-refractivity contribution < 1.29 is 80.2 Å². The van der Waals surface area contributed by atoms with Crippen LogP contribution in [-0.4, -0.2) is 96.7 Å². The highest BCUT2D eigenvalue weighted by molar-refractivity contribution is 7.47. The largest absolute Gasteiger partial charge is 0.472 e. The number of allylic oxidation sites excluding steroid dienone is 19. The molecule has 0 spiro atoms. The Morgan fingerprint density at radius 3 is 0.917 bits per heavy atom. The minimum absolute atomic E-state index is 0.0712. The Morgan fingerprint density at radius 2 is 0.583 bits per heavy atom. The molecule has 0 saturated heterocycles. The Morgan fingerprint density at radius 1 is 0.312 bits per heavy atom. The third kappa shape index (κ3) is 68.0. The van der Waals surface area contributed by atoms with Gasteiger partial charge in [0.05, 0.1) is 32.8 Å². The number of rotatable bonds is 68. The highest BCUT2D eigenvalue weighted by atomic mass is 31.2. The average Bonchev–Trinajstić information content (AvgIpc) is 1.13. The zero-order valence-corrected chi connectivity index (χ0v) is 61.5. The third-order valence-corrected chi connectivity index (χ3v) is 16.9. The Bertz CT molecular complexity index is 2300. The number of phosphoric ester groups is 2. The van der Waals surface area contributed by atoms with E-state index in [1.807, 2.05) is 30.4 Å². The van der Waals surface area contributed by atoms with E-state index in [1.165, 1.54) is 89.9 Å². The lowest BCUT2D eigenvalue weighted by molar-refractivity contribution is -0.161. The van der Waals surface area contributed by atoms with Gasteiger partial charge in [0.15, 0.2) is 12.2 Å². The summed E-state index contributed by atoms with van der Waals surface area (Å²) < 4.78 is 68.1. The molecule has 0 rings (SSSR count). The first-order valence-corrected chi connectivity index (χ1v) is 39.8. The third-order valence-electron chi connectivity index (χ3n) is 15.0. The molecule has 5 atom stereocenters. The van der Waals surface area contributed by atoms with Gasteiger partial charge in [-0.1, -0.05) is 290 Å². The molecule has 0 radical (unpaired) electrons. The van der Waals surface area contributed by atoms with Crippen LogP contribution >= 0.6 is 15.6 Å². The summed E-state index contributed by atoms with van der Waals surface area (Å²) in [4.78, 5) is 72.6. The Kier molecular flexibility index (Phi) is 65.7. The molecule has 0 aliphatic heterocycles. The molecular weight excluding hydrogens is 1260 g/mol. The van der Waals surface area contributed by atoms with E-state index in [1.54, 1.807) is 6.08 Å². The van der Waals surface area contributed by atoms with E-state index in [9.17, 15) is 43.2 Å². The molecule has 550 valence electrons. The SMILES string of the molecule is CC/C=C\C/C=C\C/C=C\C/C=C\C/C=C\CCCC(=O)OCC(COP(=O)(O)OCC(O)COP(=O)(O)OCC(COC(=O)C/C=C\C/C=C\C/C=C\C/C=C\C/C=C\CC)OC(=O)CCCCCCCCCCCCCCC)OC(=O)CCCCCCCCCCCCC. The zero-order chi connectivity index (χ0) is 70.4. The molecule has 19 heteroatoms. The minimum Gasteiger partial charge on any atom is -0.462 e. The summed E-state index contributed by atoms with van der Waals surface area (Å²) in [5, 5.41) is 10.6. The number of hydrogen-bond acceptors (Lipinski definition) is 15. The van der Waals surface area contributed by atoms with Crippen LogP contribution in [0.25, 0.3) is 0 Å². The molecule has 0 aromatic rings. The van der Waals surface area contributed by atoms with E-state index in [0.29, 0.717) is 32.1 Å². The number of aliphatic hydroxyl groups is 1. The lowest BCUT2D eigenvalue weighted by Crippen LogP contribution is -2.30. The zero-order valence-electron chi connectivity index (χ0n) is 59.8. The van der Waals surface area contributed by atoms with Crippen LogP contribution in [0.4, 0.5) is 0 Å². The van der Waals surface area contributed by atoms with Gasteiger partial charge in [0.1, 0.15) is 19.3 Å². The van der Waals surface area contributed by atoms with Crippen molar-refractivity contribution in [1.82, 2.24) is 0 Å². The first-order chi connectivity index (χ1) is 46.7. The monoisotopic (exact) mass is 1390 g/mol. The molecule has 17 nitrogen and oxygen atoms in total. The lowest BCUT2D eigenvalue weighted by atomic mass is 10.0. The van der Waals surface area contributed by atoms with Gasteiger partial charge in [-0.3, -0.25) is 37.3 Å². The summed E-state index contributed by atoms with van der Waals surface area (Å²) in [5.74, 6) is -2.39. The van der Waals surface area contributed by atoms with E-state index in [4.69, 9.17) is 37.0 Å². The van der Waals surface area contributed by atoms with Gasteiger partial charge in [0.2, 0.25) is 0 Å². The second-order valence-corrected chi connectivity index (χ2v) is 27.1. The van der Waals surface area contributed by atoms with E-state index in [2.05, 4.69) is 113 Å². The fraction of sp³-hybridized carbons (Fsp3) is 0.688. The summed E-state index contributed by atoms with van der Waals surface area (Å²) in [6, 6.07) is 0. The smallest absolute Gasteiger partial charge is 0.462 e. The number of carbonyl (C=O) groups excluding carboxylic acids is 4. The molecule has 0 saturated carbocycles. The van der Waals surface area contributed by atoms with Crippen LogP contribution in [0.1, 0.15) is 285 Å². The number of hydrogen-bond donors (Lipinski definition) is 3. The van der Waals surface area contributed by atoms with E-state index >= 15 is 0 Å². The summed E-state index contributed by atoms with van der Waals surface area (Å²) in [7, 11) is -9.98. The number of unbranched alkanes of at least 4 members (excludes halogenated alkanes) is 23. The average molecular weight is 1390 g/mol.